The Morgan fingerprint density at radius 2 is 1.64 bits per heavy atom. The second-order valence-electron chi connectivity index (χ2n) is 7.28. The van der Waals surface area contributed by atoms with E-state index in [1.54, 1.807) is 30.3 Å². The van der Waals surface area contributed by atoms with Crippen LogP contribution in [0.5, 0.6) is 0 Å². The quantitative estimate of drug-likeness (QED) is 0.295. The SMILES string of the molecule is O=C(CSc1nnc(-c2ccc(NS(=O)(=O)c3ccccc3)cc2)o1)Nc1cccc(C(F)(F)F)c1. The molecule has 3 aromatic carbocycles. The lowest BCUT2D eigenvalue weighted by Gasteiger charge is -2.09. The first-order valence-corrected chi connectivity index (χ1v) is 12.7. The second-order valence-corrected chi connectivity index (χ2v) is 9.89. The average Bonchev–Trinajstić information content (AvgIpc) is 3.32. The number of anilines is 2. The van der Waals surface area contributed by atoms with E-state index in [0.717, 1.165) is 23.9 Å². The van der Waals surface area contributed by atoms with Crippen LogP contribution in [0.25, 0.3) is 11.5 Å². The number of amides is 1. The number of alkyl halides is 3. The zero-order chi connectivity index (χ0) is 25.8. The van der Waals surface area contributed by atoms with Gasteiger partial charge in [0.05, 0.1) is 16.2 Å². The molecule has 0 spiro atoms. The van der Waals surface area contributed by atoms with Crippen molar-refractivity contribution in [1.82, 2.24) is 10.2 Å². The predicted octanol–water partition coefficient (Wildman–Crippen LogP) is 5.29. The van der Waals surface area contributed by atoms with Crippen molar-refractivity contribution in [3.05, 3.63) is 84.4 Å². The fraction of sp³-hybridized carbons (Fsp3) is 0.0870. The Morgan fingerprint density at radius 3 is 2.33 bits per heavy atom. The Hall–Kier alpha value is -3.84. The largest absolute Gasteiger partial charge is 0.416 e. The van der Waals surface area contributed by atoms with E-state index in [9.17, 15) is 26.4 Å². The predicted molar refractivity (Wildman–Crippen MR) is 128 cm³/mol. The molecule has 0 bridgehead atoms. The highest BCUT2D eigenvalue weighted by atomic mass is 32.2. The summed E-state index contributed by atoms with van der Waals surface area (Å²) in [6.07, 6.45) is -4.51. The number of thioether (sulfide) groups is 1. The fourth-order valence-electron chi connectivity index (χ4n) is 2.98. The molecule has 0 saturated carbocycles. The van der Waals surface area contributed by atoms with E-state index in [1.807, 2.05) is 0 Å². The van der Waals surface area contributed by atoms with Gasteiger partial charge in [0.2, 0.25) is 11.8 Å². The zero-order valence-corrected chi connectivity index (χ0v) is 19.8. The van der Waals surface area contributed by atoms with Crippen molar-refractivity contribution in [3.63, 3.8) is 0 Å². The van der Waals surface area contributed by atoms with E-state index < -0.39 is 27.7 Å². The summed E-state index contributed by atoms with van der Waals surface area (Å²) in [5, 5.41) is 10.2. The first kappa shape index (κ1) is 25.3. The van der Waals surface area contributed by atoms with Crippen LogP contribution in [0.15, 0.2) is 93.4 Å². The van der Waals surface area contributed by atoms with Gasteiger partial charge in [0.25, 0.3) is 15.2 Å². The minimum atomic E-state index is -4.51. The molecule has 4 aromatic rings. The maximum atomic E-state index is 12.8. The van der Waals surface area contributed by atoms with Crippen LogP contribution in [0.1, 0.15) is 5.56 Å². The second kappa shape index (κ2) is 10.4. The number of benzene rings is 3. The first-order valence-electron chi connectivity index (χ1n) is 10.2. The highest BCUT2D eigenvalue weighted by Gasteiger charge is 2.30. The van der Waals surface area contributed by atoms with Gasteiger partial charge in [-0.3, -0.25) is 9.52 Å². The minimum Gasteiger partial charge on any atom is -0.411 e. The number of halogens is 3. The third-order valence-electron chi connectivity index (χ3n) is 4.64. The summed E-state index contributed by atoms with van der Waals surface area (Å²) in [6, 6.07) is 18.5. The monoisotopic (exact) mass is 534 g/mol. The van der Waals surface area contributed by atoms with E-state index in [-0.39, 0.29) is 27.4 Å². The van der Waals surface area contributed by atoms with Gasteiger partial charge in [0.15, 0.2) is 0 Å². The molecule has 0 fully saturated rings. The molecule has 8 nitrogen and oxygen atoms in total. The molecule has 1 aromatic heterocycles. The number of carbonyl (C=O) groups excluding carboxylic acids is 1. The Kier molecular flexibility index (Phi) is 7.31. The lowest BCUT2D eigenvalue weighted by Crippen LogP contribution is -2.15. The number of nitrogens with one attached hydrogen (secondary N) is 2. The van der Waals surface area contributed by atoms with Crippen LogP contribution in [0.4, 0.5) is 24.5 Å². The van der Waals surface area contributed by atoms with Crippen LogP contribution in [-0.4, -0.2) is 30.3 Å². The number of nitrogens with zero attached hydrogens (tertiary/aromatic N) is 2. The molecular formula is C23H17F3N4O4S2. The van der Waals surface area contributed by atoms with Gasteiger partial charge in [-0.05, 0) is 54.6 Å². The number of sulfonamides is 1. The summed E-state index contributed by atoms with van der Waals surface area (Å²) in [7, 11) is -3.73. The van der Waals surface area contributed by atoms with Crippen LogP contribution in [-0.2, 0) is 21.0 Å². The smallest absolute Gasteiger partial charge is 0.411 e. The third-order valence-corrected chi connectivity index (χ3v) is 6.86. The molecule has 4 rings (SSSR count). The van der Waals surface area contributed by atoms with Crippen LogP contribution < -0.4 is 10.0 Å². The van der Waals surface area contributed by atoms with Gasteiger partial charge in [-0.25, -0.2) is 8.42 Å². The summed E-state index contributed by atoms with van der Waals surface area (Å²) < 4.78 is 71.3. The number of aromatic nitrogens is 2. The Labute approximate surface area is 208 Å². The van der Waals surface area contributed by atoms with Crippen molar-refractivity contribution in [3.8, 4) is 11.5 Å². The maximum Gasteiger partial charge on any atom is 0.416 e. The summed E-state index contributed by atoms with van der Waals surface area (Å²) in [6.45, 7) is 0. The zero-order valence-electron chi connectivity index (χ0n) is 18.2. The molecule has 0 radical (unpaired) electrons. The summed E-state index contributed by atoms with van der Waals surface area (Å²) in [5.74, 6) is -0.569. The number of hydrogen-bond donors (Lipinski definition) is 2. The molecule has 0 aliphatic carbocycles. The summed E-state index contributed by atoms with van der Waals surface area (Å²) in [5.41, 5.74) is 0.00593. The number of rotatable bonds is 8. The summed E-state index contributed by atoms with van der Waals surface area (Å²) in [4.78, 5) is 12.2. The van der Waals surface area contributed by atoms with Crippen molar-refractivity contribution < 1.29 is 30.8 Å². The van der Waals surface area contributed by atoms with Crippen molar-refractivity contribution in [2.75, 3.05) is 15.8 Å². The van der Waals surface area contributed by atoms with E-state index >= 15 is 0 Å². The van der Waals surface area contributed by atoms with Crippen molar-refractivity contribution in [1.29, 1.82) is 0 Å². The van der Waals surface area contributed by atoms with Crippen LogP contribution in [0, 0.1) is 0 Å². The highest BCUT2D eigenvalue weighted by Crippen LogP contribution is 2.31. The third kappa shape index (κ3) is 6.43. The molecule has 1 amide bonds. The topological polar surface area (TPSA) is 114 Å². The van der Waals surface area contributed by atoms with Crippen LogP contribution in [0.3, 0.4) is 0 Å². The lowest BCUT2D eigenvalue weighted by atomic mass is 10.2. The molecule has 13 heteroatoms. The first-order chi connectivity index (χ1) is 17.1. The normalized spacial score (nSPS) is 11.8. The van der Waals surface area contributed by atoms with Gasteiger partial charge >= 0.3 is 6.18 Å². The minimum absolute atomic E-state index is 0.0182. The molecule has 2 N–H and O–H groups in total. The van der Waals surface area contributed by atoms with E-state index in [1.165, 1.54) is 36.4 Å². The number of hydrogen-bond acceptors (Lipinski definition) is 7. The molecule has 0 saturated heterocycles. The van der Waals surface area contributed by atoms with Crippen LogP contribution >= 0.6 is 11.8 Å². The van der Waals surface area contributed by atoms with E-state index in [4.69, 9.17) is 4.42 Å². The van der Waals surface area contributed by atoms with Crippen molar-refractivity contribution >= 4 is 39.1 Å². The van der Waals surface area contributed by atoms with E-state index in [2.05, 4.69) is 20.2 Å². The standard InChI is InChI=1S/C23H17F3N4O4S2/c24-23(25,26)16-5-4-6-18(13-16)27-20(31)14-35-22-29-28-21(34-22)15-9-11-17(12-10-15)30-36(32,33)19-7-2-1-3-8-19/h1-13,30H,14H2,(H,27,31). The Balaban J connectivity index is 1.34. The molecule has 186 valence electrons. The van der Waals surface area contributed by atoms with Gasteiger partial charge in [0, 0.05) is 16.9 Å². The molecule has 0 aliphatic rings. The maximum absolute atomic E-state index is 12.8. The lowest BCUT2D eigenvalue weighted by molar-refractivity contribution is -0.137. The van der Waals surface area contributed by atoms with E-state index in [0.29, 0.717) is 11.3 Å². The molecule has 0 aliphatic heterocycles. The highest BCUT2D eigenvalue weighted by molar-refractivity contribution is 7.99. The molecular weight excluding hydrogens is 517 g/mol. The van der Waals surface area contributed by atoms with Crippen molar-refractivity contribution in [2.45, 2.75) is 16.3 Å². The van der Waals surface area contributed by atoms with Gasteiger partial charge in [-0.1, -0.05) is 36.0 Å². The number of carbonyl (C=O) groups is 1. The molecule has 0 unspecified atom stereocenters. The van der Waals surface area contributed by atoms with Gasteiger partial charge in [-0.15, -0.1) is 10.2 Å². The Morgan fingerprint density at radius 1 is 0.917 bits per heavy atom. The molecule has 0 atom stereocenters. The van der Waals surface area contributed by atoms with Gasteiger partial charge in [-0.2, -0.15) is 13.2 Å². The fourth-order valence-corrected chi connectivity index (χ4v) is 4.62. The van der Waals surface area contributed by atoms with Gasteiger partial charge in [0.1, 0.15) is 0 Å². The van der Waals surface area contributed by atoms with Crippen molar-refractivity contribution in [2.24, 2.45) is 0 Å². The molecule has 1 heterocycles. The Bertz CT molecular complexity index is 1460. The molecule has 36 heavy (non-hydrogen) atoms. The van der Waals surface area contributed by atoms with Crippen LogP contribution in [0.2, 0.25) is 0 Å². The average molecular weight is 535 g/mol. The summed E-state index contributed by atoms with van der Waals surface area (Å²) >= 11 is 0.915. The van der Waals surface area contributed by atoms with Gasteiger partial charge < -0.3 is 9.73 Å².